The molecule has 2 aromatic rings. The summed E-state index contributed by atoms with van der Waals surface area (Å²) in [6.45, 7) is 3.33. The van der Waals surface area contributed by atoms with Gasteiger partial charge in [-0.05, 0) is 50.0 Å². The molecule has 1 amide bonds. The fourth-order valence-electron chi connectivity index (χ4n) is 2.42. The summed E-state index contributed by atoms with van der Waals surface area (Å²) in [4.78, 5) is 34.9. The Morgan fingerprint density at radius 1 is 1.35 bits per heavy atom. The molecule has 0 spiro atoms. The fourth-order valence-corrected chi connectivity index (χ4v) is 2.89. The number of aryl methyl sites for hydroxylation is 1. The first kappa shape index (κ1) is 19.8. The van der Waals surface area contributed by atoms with Gasteiger partial charge in [-0.25, -0.2) is 9.59 Å². The number of hydrogen-bond donors (Lipinski definition) is 2. The second-order valence-electron chi connectivity index (χ2n) is 5.85. The van der Waals surface area contributed by atoms with Crippen LogP contribution in [0.2, 0.25) is 0 Å². The molecular formula is C18H21NO6S. The minimum Gasteiger partial charge on any atom is -0.481 e. The van der Waals surface area contributed by atoms with Crippen molar-refractivity contribution in [2.24, 2.45) is 0 Å². The summed E-state index contributed by atoms with van der Waals surface area (Å²) in [5.74, 6) is -0.632. The first-order chi connectivity index (χ1) is 12.3. The summed E-state index contributed by atoms with van der Waals surface area (Å²) >= 11 is 1.51. The summed E-state index contributed by atoms with van der Waals surface area (Å²) < 4.78 is 10.7. The second kappa shape index (κ2) is 8.75. The molecule has 0 bridgehead atoms. The van der Waals surface area contributed by atoms with Crippen LogP contribution in [-0.4, -0.2) is 41.1 Å². The zero-order valence-electron chi connectivity index (χ0n) is 14.8. The summed E-state index contributed by atoms with van der Waals surface area (Å²) in [5, 5.41) is 12.4. The van der Waals surface area contributed by atoms with E-state index in [-0.39, 0.29) is 0 Å². The number of thioether (sulfide) groups is 1. The maximum Gasteiger partial charge on any atom is 0.336 e. The van der Waals surface area contributed by atoms with Gasteiger partial charge in [0, 0.05) is 17.5 Å². The van der Waals surface area contributed by atoms with Crippen molar-refractivity contribution in [3.05, 3.63) is 40.2 Å². The molecule has 2 rings (SSSR count). The number of nitrogens with one attached hydrogen (secondary N) is 1. The molecule has 1 aromatic heterocycles. The monoisotopic (exact) mass is 379 g/mol. The van der Waals surface area contributed by atoms with Gasteiger partial charge in [0.25, 0.3) is 5.91 Å². The second-order valence-corrected chi connectivity index (χ2v) is 6.83. The summed E-state index contributed by atoms with van der Waals surface area (Å²) in [7, 11) is 0. The summed E-state index contributed by atoms with van der Waals surface area (Å²) in [5.41, 5.74) is 0.686. The SMILES string of the molecule is CSCC[C@@H](NC(=O)[C@@H](C)Oc1ccc2c(C)cc(=O)oc2c1)C(=O)O. The van der Waals surface area contributed by atoms with Crippen LogP contribution in [0.4, 0.5) is 0 Å². The van der Waals surface area contributed by atoms with Gasteiger partial charge >= 0.3 is 11.6 Å². The predicted octanol–water partition coefficient (Wildman–Crippen LogP) is 2.19. The van der Waals surface area contributed by atoms with E-state index in [9.17, 15) is 19.5 Å². The van der Waals surface area contributed by atoms with Crippen LogP contribution in [0.3, 0.4) is 0 Å². The minimum absolute atomic E-state index is 0.329. The van der Waals surface area contributed by atoms with Crippen molar-refractivity contribution in [3.8, 4) is 5.75 Å². The smallest absolute Gasteiger partial charge is 0.336 e. The lowest BCUT2D eigenvalue weighted by molar-refractivity contribution is -0.142. The molecule has 0 saturated carbocycles. The molecule has 1 heterocycles. The van der Waals surface area contributed by atoms with Gasteiger partial charge in [0.2, 0.25) is 0 Å². The zero-order valence-corrected chi connectivity index (χ0v) is 15.6. The highest BCUT2D eigenvalue weighted by Crippen LogP contribution is 2.23. The van der Waals surface area contributed by atoms with Crippen molar-refractivity contribution in [3.63, 3.8) is 0 Å². The molecule has 0 fully saturated rings. The number of carbonyl (C=O) groups is 2. The largest absolute Gasteiger partial charge is 0.481 e. The highest BCUT2D eigenvalue weighted by molar-refractivity contribution is 7.98. The van der Waals surface area contributed by atoms with Gasteiger partial charge < -0.3 is 19.6 Å². The maximum absolute atomic E-state index is 12.2. The average molecular weight is 379 g/mol. The van der Waals surface area contributed by atoms with Crippen LogP contribution in [0.5, 0.6) is 5.75 Å². The molecule has 0 aliphatic rings. The maximum atomic E-state index is 12.2. The van der Waals surface area contributed by atoms with Crippen molar-refractivity contribution in [1.29, 1.82) is 0 Å². The first-order valence-electron chi connectivity index (χ1n) is 8.05. The Morgan fingerprint density at radius 3 is 2.73 bits per heavy atom. The van der Waals surface area contributed by atoms with Gasteiger partial charge in [-0.2, -0.15) is 11.8 Å². The van der Waals surface area contributed by atoms with Crippen molar-refractivity contribution >= 4 is 34.6 Å². The number of fused-ring (bicyclic) bond motifs is 1. The molecular weight excluding hydrogens is 358 g/mol. The van der Waals surface area contributed by atoms with Gasteiger partial charge in [0.05, 0.1) is 0 Å². The number of rotatable bonds is 8. The van der Waals surface area contributed by atoms with E-state index in [1.165, 1.54) is 30.8 Å². The molecule has 1 aromatic carbocycles. The lowest BCUT2D eigenvalue weighted by Gasteiger charge is -2.18. The van der Waals surface area contributed by atoms with Crippen LogP contribution in [0.15, 0.2) is 33.5 Å². The number of carbonyl (C=O) groups excluding carboxylic acids is 1. The van der Waals surface area contributed by atoms with E-state index in [1.54, 1.807) is 19.1 Å². The topological polar surface area (TPSA) is 106 Å². The predicted molar refractivity (Wildman–Crippen MR) is 99.9 cm³/mol. The van der Waals surface area contributed by atoms with E-state index in [0.29, 0.717) is 23.5 Å². The number of carboxylic acids is 1. The van der Waals surface area contributed by atoms with Crippen LogP contribution >= 0.6 is 11.8 Å². The number of amides is 1. The van der Waals surface area contributed by atoms with Crippen LogP contribution in [0.25, 0.3) is 11.0 Å². The highest BCUT2D eigenvalue weighted by atomic mass is 32.2. The van der Waals surface area contributed by atoms with Crippen molar-refractivity contribution in [2.45, 2.75) is 32.4 Å². The fraction of sp³-hybridized carbons (Fsp3) is 0.389. The third-order valence-corrected chi connectivity index (χ3v) is 4.47. The Balaban J connectivity index is 2.09. The number of carboxylic acid groups (broad SMARTS) is 1. The van der Waals surface area contributed by atoms with Crippen molar-refractivity contribution < 1.29 is 23.8 Å². The molecule has 0 aliphatic carbocycles. The summed E-state index contributed by atoms with van der Waals surface area (Å²) in [6, 6.07) is 5.39. The zero-order chi connectivity index (χ0) is 19.3. The van der Waals surface area contributed by atoms with E-state index in [1.807, 2.05) is 6.26 Å². The van der Waals surface area contributed by atoms with Gasteiger partial charge in [-0.1, -0.05) is 0 Å². The van der Waals surface area contributed by atoms with Crippen LogP contribution in [0.1, 0.15) is 18.9 Å². The van der Waals surface area contributed by atoms with Gasteiger partial charge in [0.15, 0.2) is 6.10 Å². The molecule has 0 unspecified atom stereocenters. The van der Waals surface area contributed by atoms with Crippen LogP contribution in [-0.2, 0) is 9.59 Å². The van der Waals surface area contributed by atoms with Gasteiger partial charge in [-0.15, -0.1) is 0 Å². The van der Waals surface area contributed by atoms with Crippen molar-refractivity contribution in [1.82, 2.24) is 5.32 Å². The van der Waals surface area contributed by atoms with E-state index in [0.717, 1.165) is 10.9 Å². The number of aliphatic carboxylic acids is 1. The molecule has 8 heteroatoms. The standard InChI is InChI=1S/C18H21NO6S/c1-10-8-16(20)25-15-9-12(4-5-13(10)15)24-11(2)17(21)19-14(18(22)23)6-7-26-3/h4-5,8-9,11,14H,6-7H2,1-3H3,(H,19,21)(H,22,23)/t11-,14-/m1/s1. The molecule has 2 atom stereocenters. The van der Waals surface area contributed by atoms with Crippen LogP contribution in [0, 0.1) is 6.92 Å². The molecule has 2 N–H and O–H groups in total. The lowest BCUT2D eigenvalue weighted by Crippen LogP contribution is -2.46. The highest BCUT2D eigenvalue weighted by Gasteiger charge is 2.23. The first-order valence-corrected chi connectivity index (χ1v) is 9.44. The van der Waals surface area contributed by atoms with Crippen molar-refractivity contribution in [2.75, 3.05) is 12.0 Å². The Hall–Kier alpha value is -2.48. The van der Waals surface area contributed by atoms with E-state index < -0.39 is 29.6 Å². The normalized spacial score (nSPS) is 13.2. The molecule has 26 heavy (non-hydrogen) atoms. The lowest BCUT2D eigenvalue weighted by atomic mass is 10.1. The number of benzene rings is 1. The average Bonchev–Trinajstić information content (AvgIpc) is 2.57. The molecule has 0 radical (unpaired) electrons. The third-order valence-electron chi connectivity index (χ3n) is 3.83. The third kappa shape index (κ3) is 5.01. The Morgan fingerprint density at radius 2 is 2.08 bits per heavy atom. The molecule has 7 nitrogen and oxygen atoms in total. The number of hydrogen-bond acceptors (Lipinski definition) is 6. The van der Waals surface area contributed by atoms with Gasteiger partial charge in [0.1, 0.15) is 17.4 Å². The minimum atomic E-state index is -1.08. The Bertz CT molecular complexity index is 862. The van der Waals surface area contributed by atoms with E-state index >= 15 is 0 Å². The molecule has 140 valence electrons. The van der Waals surface area contributed by atoms with Crippen LogP contribution < -0.4 is 15.7 Å². The van der Waals surface area contributed by atoms with E-state index in [4.69, 9.17) is 9.15 Å². The molecule has 0 aliphatic heterocycles. The molecule has 0 saturated heterocycles. The summed E-state index contributed by atoms with van der Waals surface area (Å²) in [6.07, 6.45) is 1.29. The van der Waals surface area contributed by atoms with E-state index in [2.05, 4.69) is 5.32 Å². The Labute approximate surface area is 154 Å². The van der Waals surface area contributed by atoms with Gasteiger partial charge in [-0.3, -0.25) is 4.79 Å². The number of ether oxygens (including phenoxy) is 1. The Kier molecular flexibility index (Phi) is 6.68. The quantitative estimate of drug-likeness (QED) is 0.677.